The highest BCUT2D eigenvalue weighted by Gasteiger charge is 2.20. The third-order valence-corrected chi connectivity index (χ3v) is 2.80. The highest BCUT2D eigenvalue weighted by Crippen LogP contribution is 2.09. The van der Waals surface area contributed by atoms with Gasteiger partial charge in [-0.2, -0.15) is 5.10 Å². The van der Waals surface area contributed by atoms with Gasteiger partial charge >= 0.3 is 5.97 Å². The normalized spacial score (nSPS) is 12.2. The number of unbranched alkanes of at least 4 members (excludes halogenated alkanes) is 1. The Balaban J connectivity index is 2.70. The molecule has 1 aromatic heterocycles. The van der Waals surface area contributed by atoms with Crippen LogP contribution in [0.1, 0.15) is 43.2 Å². The lowest BCUT2D eigenvalue weighted by molar-refractivity contribution is -0.133. The quantitative estimate of drug-likeness (QED) is 0.831. The van der Waals surface area contributed by atoms with Crippen molar-refractivity contribution in [3.8, 4) is 0 Å². The van der Waals surface area contributed by atoms with Gasteiger partial charge in [0.15, 0.2) is 5.69 Å². The molecule has 18 heavy (non-hydrogen) atoms. The van der Waals surface area contributed by atoms with Gasteiger partial charge in [0.25, 0.3) is 0 Å². The third kappa shape index (κ3) is 3.32. The van der Waals surface area contributed by atoms with Crippen molar-refractivity contribution in [3.05, 3.63) is 18.0 Å². The number of hydrogen-bond donors (Lipinski definition) is 1. The summed E-state index contributed by atoms with van der Waals surface area (Å²) in [7, 11) is 1.75. The Morgan fingerprint density at radius 3 is 2.72 bits per heavy atom. The predicted molar refractivity (Wildman–Crippen MR) is 66.4 cm³/mol. The molecule has 1 heterocycles. The van der Waals surface area contributed by atoms with Crippen molar-refractivity contribution in [1.29, 1.82) is 0 Å². The van der Waals surface area contributed by atoms with Gasteiger partial charge in [0.1, 0.15) is 6.04 Å². The molecule has 6 heteroatoms. The molecule has 0 aliphatic carbocycles. The number of nitrogens with zero attached hydrogens (tertiary/aromatic N) is 3. The molecule has 1 rings (SSSR count). The smallest absolute Gasteiger partial charge is 0.356 e. The molecule has 0 fully saturated rings. The van der Waals surface area contributed by atoms with Gasteiger partial charge in [0.2, 0.25) is 5.91 Å². The van der Waals surface area contributed by atoms with Crippen molar-refractivity contribution >= 4 is 11.9 Å². The Morgan fingerprint density at radius 2 is 2.22 bits per heavy atom. The van der Waals surface area contributed by atoms with E-state index < -0.39 is 12.0 Å². The number of aromatic carboxylic acids is 1. The second kappa shape index (κ2) is 6.18. The number of hydrogen-bond acceptors (Lipinski definition) is 3. The SMILES string of the molecule is CCCCN(C)C(=O)C(C)n1ccc(C(=O)O)n1. The third-order valence-electron chi connectivity index (χ3n) is 2.80. The average Bonchev–Trinajstić information content (AvgIpc) is 2.83. The number of carbonyl (C=O) groups excluding carboxylic acids is 1. The monoisotopic (exact) mass is 253 g/mol. The van der Waals surface area contributed by atoms with Crippen LogP contribution in [0, 0.1) is 0 Å². The molecule has 1 aromatic rings. The summed E-state index contributed by atoms with van der Waals surface area (Å²) < 4.78 is 1.38. The summed E-state index contributed by atoms with van der Waals surface area (Å²) in [6.07, 6.45) is 3.49. The minimum atomic E-state index is -1.09. The van der Waals surface area contributed by atoms with E-state index in [1.54, 1.807) is 18.9 Å². The number of amides is 1. The van der Waals surface area contributed by atoms with Gasteiger partial charge in [-0.15, -0.1) is 0 Å². The zero-order valence-corrected chi connectivity index (χ0v) is 11.0. The van der Waals surface area contributed by atoms with E-state index in [9.17, 15) is 9.59 Å². The molecular weight excluding hydrogens is 234 g/mol. The van der Waals surface area contributed by atoms with Crippen molar-refractivity contribution in [1.82, 2.24) is 14.7 Å². The first-order chi connectivity index (χ1) is 8.47. The van der Waals surface area contributed by atoms with Crippen LogP contribution in [0.4, 0.5) is 0 Å². The van der Waals surface area contributed by atoms with Crippen molar-refractivity contribution in [2.75, 3.05) is 13.6 Å². The molecule has 6 nitrogen and oxygen atoms in total. The Kier molecular flexibility index (Phi) is 4.88. The molecule has 1 N–H and O–H groups in total. The van der Waals surface area contributed by atoms with Crippen LogP contribution in [-0.4, -0.2) is 45.3 Å². The average molecular weight is 253 g/mol. The maximum Gasteiger partial charge on any atom is 0.356 e. The molecule has 0 saturated heterocycles. The van der Waals surface area contributed by atoms with Crippen LogP contribution in [-0.2, 0) is 4.79 Å². The molecular formula is C12H19N3O3. The van der Waals surface area contributed by atoms with Crippen LogP contribution in [0.25, 0.3) is 0 Å². The van der Waals surface area contributed by atoms with Crippen LogP contribution in [0.2, 0.25) is 0 Å². The topological polar surface area (TPSA) is 75.4 Å². The molecule has 0 saturated carbocycles. The number of rotatable bonds is 6. The molecule has 1 amide bonds. The van der Waals surface area contributed by atoms with E-state index in [4.69, 9.17) is 5.11 Å². The molecule has 0 aromatic carbocycles. The van der Waals surface area contributed by atoms with Gasteiger partial charge in [-0.25, -0.2) is 4.79 Å². The highest BCUT2D eigenvalue weighted by molar-refractivity contribution is 5.85. The Labute approximate surface area is 106 Å². The van der Waals surface area contributed by atoms with Gasteiger partial charge in [0.05, 0.1) is 0 Å². The van der Waals surface area contributed by atoms with E-state index in [0.29, 0.717) is 6.54 Å². The second-order valence-corrected chi connectivity index (χ2v) is 4.28. The number of likely N-dealkylation sites (N-methyl/N-ethyl adjacent to an activating group) is 1. The van der Waals surface area contributed by atoms with E-state index in [1.807, 2.05) is 0 Å². The Hall–Kier alpha value is -1.85. The maximum atomic E-state index is 12.0. The van der Waals surface area contributed by atoms with Crippen molar-refractivity contribution in [3.63, 3.8) is 0 Å². The Bertz CT molecular complexity index is 428. The van der Waals surface area contributed by atoms with E-state index in [-0.39, 0.29) is 11.6 Å². The predicted octanol–water partition coefficient (Wildman–Crippen LogP) is 1.40. The molecule has 1 atom stereocenters. The standard InChI is InChI=1S/C12H19N3O3/c1-4-5-7-14(3)11(16)9(2)15-8-6-10(13-15)12(17)18/h6,8-9H,4-5,7H2,1-3H3,(H,17,18). The van der Waals surface area contributed by atoms with E-state index in [1.165, 1.54) is 16.9 Å². The van der Waals surface area contributed by atoms with Gasteiger partial charge in [0, 0.05) is 19.8 Å². The first kappa shape index (κ1) is 14.2. The summed E-state index contributed by atoms with van der Waals surface area (Å²) >= 11 is 0. The molecule has 0 bridgehead atoms. The lowest BCUT2D eigenvalue weighted by Crippen LogP contribution is -2.34. The fraction of sp³-hybridized carbons (Fsp3) is 0.583. The molecule has 0 radical (unpaired) electrons. The van der Waals surface area contributed by atoms with Crippen LogP contribution >= 0.6 is 0 Å². The van der Waals surface area contributed by atoms with Crippen LogP contribution in [0.3, 0.4) is 0 Å². The first-order valence-corrected chi connectivity index (χ1v) is 6.00. The zero-order valence-electron chi connectivity index (χ0n) is 11.0. The number of carboxylic acids is 1. The highest BCUT2D eigenvalue weighted by atomic mass is 16.4. The van der Waals surface area contributed by atoms with Crippen LogP contribution < -0.4 is 0 Å². The van der Waals surface area contributed by atoms with Gasteiger partial charge in [-0.3, -0.25) is 9.48 Å². The summed E-state index contributed by atoms with van der Waals surface area (Å²) in [5, 5.41) is 12.6. The van der Waals surface area contributed by atoms with Crippen molar-refractivity contribution < 1.29 is 14.7 Å². The van der Waals surface area contributed by atoms with Gasteiger partial charge in [-0.05, 0) is 19.4 Å². The van der Waals surface area contributed by atoms with E-state index in [2.05, 4.69) is 12.0 Å². The molecule has 1 unspecified atom stereocenters. The maximum absolute atomic E-state index is 12.0. The largest absolute Gasteiger partial charge is 0.476 e. The zero-order chi connectivity index (χ0) is 13.7. The van der Waals surface area contributed by atoms with Gasteiger partial charge in [-0.1, -0.05) is 13.3 Å². The van der Waals surface area contributed by atoms with Crippen LogP contribution in [0.5, 0.6) is 0 Å². The van der Waals surface area contributed by atoms with E-state index in [0.717, 1.165) is 12.8 Å². The summed E-state index contributed by atoms with van der Waals surface area (Å²) in [6.45, 7) is 4.48. The summed E-state index contributed by atoms with van der Waals surface area (Å²) in [6, 6.07) is 0.901. The summed E-state index contributed by atoms with van der Waals surface area (Å²) in [5.74, 6) is -1.16. The molecule has 0 spiro atoms. The molecule has 100 valence electrons. The van der Waals surface area contributed by atoms with Crippen LogP contribution in [0.15, 0.2) is 12.3 Å². The fourth-order valence-corrected chi connectivity index (χ4v) is 1.61. The Morgan fingerprint density at radius 1 is 1.56 bits per heavy atom. The van der Waals surface area contributed by atoms with Crippen molar-refractivity contribution in [2.45, 2.75) is 32.7 Å². The number of aromatic nitrogens is 2. The minimum absolute atomic E-state index is 0.0501. The lowest BCUT2D eigenvalue weighted by Gasteiger charge is -2.21. The fourth-order valence-electron chi connectivity index (χ4n) is 1.61. The molecule has 0 aliphatic rings. The van der Waals surface area contributed by atoms with Gasteiger partial charge < -0.3 is 10.0 Å². The molecule has 0 aliphatic heterocycles. The summed E-state index contributed by atoms with van der Waals surface area (Å²) in [5.41, 5.74) is -0.0501. The van der Waals surface area contributed by atoms with Crippen molar-refractivity contribution in [2.24, 2.45) is 0 Å². The number of carboxylic acid groups (broad SMARTS) is 1. The number of carbonyl (C=O) groups is 2. The summed E-state index contributed by atoms with van der Waals surface area (Å²) in [4.78, 5) is 24.4. The second-order valence-electron chi connectivity index (χ2n) is 4.28. The lowest BCUT2D eigenvalue weighted by atomic mass is 10.2. The minimum Gasteiger partial charge on any atom is -0.476 e. The van der Waals surface area contributed by atoms with E-state index >= 15 is 0 Å². The first-order valence-electron chi connectivity index (χ1n) is 6.00.